The summed E-state index contributed by atoms with van der Waals surface area (Å²) in [6.07, 6.45) is 1.93. The topological polar surface area (TPSA) is 88.8 Å². The van der Waals surface area contributed by atoms with Gasteiger partial charge in [-0.2, -0.15) is 0 Å². The monoisotopic (exact) mass is 377 g/mol. The fourth-order valence-corrected chi connectivity index (χ4v) is 3.68. The van der Waals surface area contributed by atoms with Gasteiger partial charge in [0.1, 0.15) is 6.61 Å². The number of fused-ring (bicyclic) bond motifs is 3. The van der Waals surface area contributed by atoms with Crippen LogP contribution in [0.5, 0.6) is 0 Å². The maximum absolute atomic E-state index is 12.4. The number of carbonyl (C=O) groups is 2. The molecule has 6 heteroatoms. The van der Waals surface area contributed by atoms with E-state index in [-0.39, 0.29) is 18.9 Å². The van der Waals surface area contributed by atoms with Gasteiger partial charge in [0, 0.05) is 11.5 Å². The van der Waals surface area contributed by atoms with Crippen LogP contribution >= 0.6 is 0 Å². The lowest BCUT2D eigenvalue weighted by atomic mass is 9.98. The first kappa shape index (κ1) is 17.9. The van der Waals surface area contributed by atoms with Crippen LogP contribution in [0.1, 0.15) is 35.1 Å². The molecule has 2 N–H and O–H groups in total. The molecule has 0 radical (unpaired) electrons. The minimum Gasteiger partial charge on any atom is -0.481 e. The lowest BCUT2D eigenvalue weighted by molar-refractivity contribution is -0.137. The number of aliphatic carboxylic acids is 1. The minimum absolute atomic E-state index is 0.0509. The van der Waals surface area contributed by atoms with E-state index in [1.807, 2.05) is 36.4 Å². The highest BCUT2D eigenvalue weighted by Crippen LogP contribution is 2.44. The Balaban J connectivity index is 1.47. The average molecular weight is 377 g/mol. The number of amides is 1. The van der Waals surface area contributed by atoms with E-state index in [4.69, 9.17) is 14.3 Å². The van der Waals surface area contributed by atoms with Crippen LogP contribution < -0.4 is 5.32 Å². The summed E-state index contributed by atoms with van der Waals surface area (Å²) in [5.41, 5.74) is 5.11. The van der Waals surface area contributed by atoms with Crippen LogP contribution in [0.25, 0.3) is 11.1 Å². The number of nitrogens with one attached hydrogen (secondary N) is 1. The Morgan fingerprint density at radius 2 is 1.68 bits per heavy atom. The minimum atomic E-state index is -1.02. The molecule has 3 aromatic rings. The SMILES string of the molecule is O=C(O)C[C@@H](NC(=O)OCC1c2ccccc2-c2ccccc21)c1ccoc1. The number of carboxylic acid groups (broad SMARTS) is 1. The number of carbonyl (C=O) groups excluding carboxylic acids is 1. The molecule has 1 atom stereocenters. The van der Waals surface area contributed by atoms with E-state index in [1.54, 1.807) is 6.07 Å². The van der Waals surface area contributed by atoms with E-state index in [1.165, 1.54) is 12.5 Å². The molecule has 28 heavy (non-hydrogen) atoms. The normalized spacial score (nSPS) is 13.4. The molecule has 1 heterocycles. The van der Waals surface area contributed by atoms with E-state index < -0.39 is 18.1 Å². The van der Waals surface area contributed by atoms with Crippen LogP contribution in [0.4, 0.5) is 4.79 Å². The zero-order chi connectivity index (χ0) is 19.5. The van der Waals surface area contributed by atoms with Crippen LogP contribution in [0, 0.1) is 0 Å². The molecule has 0 saturated heterocycles. The molecule has 1 aliphatic carbocycles. The van der Waals surface area contributed by atoms with E-state index in [0.29, 0.717) is 5.56 Å². The molecular formula is C22H19NO5. The number of benzene rings is 2. The summed E-state index contributed by atoms with van der Waals surface area (Å²) >= 11 is 0. The Labute approximate surface area is 161 Å². The first-order valence-corrected chi connectivity index (χ1v) is 8.99. The molecular weight excluding hydrogens is 358 g/mol. The van der Waals surface area contributed by atoms with Crippen molar-refractivity contribution < 1.29 is 23.8 Å². The molecule has 0 unspecified atom stereocenters. The molecule has 0 saturated carbocycles. The van der Waals surface area contributed by atoms with Crippen molar-refractivity contribution in [2.45, 2.75) is 18.4 Å². The van der Waals surface area contributed by atoms with Crippen molar-refractivity contribution >= 4 is 12.1 Å². The Morgan fingerprint density at radius 1 is 1.04 bits per heavy atom. The molecule has 0 spiro atoms. The largest absolute Gasteiger partial charge is 0.481 e. The van der Waals surface area contributed by atoms with Crippen molar-refractivity contribution in [3.05, 3.63) is 83.8 Å². The fourth-order valence-electron chi connectivity index (χ4n) is 3.68. The van der Waals surface area contributed by atoms with Crippen LogP contribution in [-0.4, -0.2) is 23.8 Å². The van der Waals surface area contributed by atoms with E-state index in [9.17, 15) is 9.59 Å². The standard InChI is InChI=1S/C22H19NO5/c24-21(25)11-20(14-9-10-27-12-14)23-22(26)28-13-19-17-7-3-1-5-15(17)16-6-2-4-8-18(16)19/h1-10,12,19-20H,11,13H2,(H,23,26)(H,24,25)/t20-/m1/s1. The summed E-state index contributed by atoms with van der Waals surface area (Å²) in [5.74, 6) is -1.07. The second kappa shape index (κ2) is 7.60. The van der Waals surface area contributed by atoms with Gasteiger partial charge in [-0.05, 0) is 28.3 Å². The Hall–Kier alpha value is -3.54. The van der Waals surface area contributed by atoms with Gasteiger partial charge in [0.15, 0.2) is 0 Å². The first-order chi connectivity index (χ1) is 13.6. The van der Waals surface area contributed by atoms with Gasteiger partial charge >= 0.3 is 12.1 Å². The fraction of sp³-hybridized carbons (Fsp3) is 0.182. The number of carboxylic acids is 1. The predicted molar refractivity (Wildman–Crippen MR) is 102 cm³/mol. The number of ether oxygens (including phenoxy) is 1. The molecule has 4 rings (SSSR count). The van der Waals surface area contributed by atoms with Crippen molar-refractivity contribution in [3.8, 4) is 11.1 Å². The Morgan fingerprint density at radius 3 is 2.25 bits per heavy atom. The van der Waals surface area contributed by atoms with E-state index in [0.717, 1.165) is 22.3 Å². The zero-order valence-electron chi connectivity index (χ0n) is 15.0. The van der Waals surface area contributed by atoms with Gasteiger partial charge in [0.25, 0.3) is 0 Å². The van der Waals surface area contributed by atoms with Gasteiger partial charge in [-0.25, -0.2) is 4.79 Å². The number of alkyl carbamates (subject to hydrolysis) is 1. The second-order valence-electron chi connectivity index (χ2n) is 6.68. The summed E-state index contributed by atoms with van der Waals surface area (Å²) in [6.45, 7) is 0.172. The molecule has 2 aromatic carbocycles. The molecule has 6 nitrogen and oxygen atoms in total. The third-order valence-electron chi connectivity index (χ3n) is 4.96. The van der Waals surface area contributed by atoms with Gasteiger partial charge in [0.05, 0.1) is 25.0 Å². The van der Waals surface area contributed by atoms with Gasteiger partial charge in [0.2, 0.25) is 0 Å². The van der Waals surface area contributed by atoms with Gasteiger partial charge in [-0.3, -0.25) is 4.79 Å². The molecule has 0 aliphatic heterocycles. The van der Waals surface area contributed by atoms with Crippen molar-refractivity contribution in [2.24, 2.45) is 0 Å². The highest BCUT2D eigenvalue weighted by molar-refractivity contribution is 5.79. The summed E-state index contributed by atoms with van der Waals surface area (Å²) < 4.78 is 10.5. The smallest absolute Gasteiger partial charge is 0.407 e. The summed E-state index contributed by atoms with van der Waals surface area (Å²) in [4.78, 5) is 23.5. The Bertz CT molecular complexity index is 950. The van der Waals surface area contributed by atoms with E-state index >= 15 is 0 Å². The lowest BCUT2D eigenvalue weighted by Crippen LogP contribution is -2.31. The number of hydrogen-bond acceptors (Lipinski definition) is 4. The highest BCUT2D eigenvalue weighted by atomic mass is 16.5. The van der Waals surface area contributed by atoms with Gasteiger partial charge in [-0.1, -0.05) is 48.5 Å². The number of rotatable bonds is 6. The highest BCUT2D eigenvalue weighted by Gasteiger charge is 2.29. The van der Waals surface area contributed by atoms with Crippen molar-refractivity contribution in [1.82, 2.24) is 5.32 Å². The molecule has 0 fully saturated rings. The molecule has 0 bridgehead atoms. The Kier molecular flexibility index (Phi) is 4.85. The summed E-state index contributed by atoms with van der Waals surface area (Å²) in [6, 6.07) is 17.1. The third kappa shape index (κ3) is 3.49. The van der Waals surface area contributed by atoms with Crippen molar-refractivity contribution in [3.63, 3.8) is 0 Å². The van der Waals surface area contributed by atoms with Crippen LogP contribution in [0.15, 0.2) is 71.5 Å². The van der Waals surface area contributed by atoms with Crippen LogP contribution in [0.3, 0.4) is 0 Å². The van der Waals surface area contributed by atoms with Crippen molar-refractivity contribution in [1.29, 1.82) is 0 Å². The van der Waals surface area contributed by atoms with Crippen LogP contribution in [-0.2, 0) is 9.53 Å². The molecule has 142 valence electrons. The third-order valence-corrected chi connectivity index (χ3v) is 4.96. The molecule has 1 amide bonds. The summed E-state index contributed by atoms with van der Waals surface area (Å²) in [5, 5.41) is 11.7. The van der Waals surface area contributed by atoms with E-state index in [2.05, 4.69) is 17.4 Å². The number of hydrogen-bond donors (Lipinski definition) is 2. The first-order valence-electron chi connectivity index (χ1n) is 8.99. The maximum atomic E-state index is 12.4. The van der Waals surface area contributed by atoms with Gasteiger partial charge < -0.3 is 19.6 Å². The quantitative estimate of drug-likeness (QED) is 0.667. The lowest BCUT2D eigenvalue weighted by Gasteiger charge is -2.18. The van der Waals surface area contributed by atoms with Crippen LogP contribution in [0.2, 0.25) is 0 Å². The van der Waals surface area contributed by atoms with Crippen molar-refractivity contribution in [2.75, 3.05) is 6.61 Å². The zero-order valence-corrected chi connectivity index (χ0v) is 15.0. The molecule has 1 aromatic heterocycles. The average Bonchev–Trinajstić information content (AvgIpc) is 3.32. The number of furan rings is 1. The predicted octanol–water partition coefficient (Wildman–Crippen LogP) is 4.33. The maximum Gasteiger partial charge on any atom is 0.407 e. The second-order valence-corrected chi connectivity index (χ2v) is 6.68. The molecule has 1 aliphatic rings. The summed E-state index contributed by atoms with van der Waals surface area (Å²) in [7, 11) is 0. The van der Waals surface area contributed by atoms with Gasteiger partial charge in [-0.15, -0.1) is 0 Å².